The Morgan fingerprint density at radius 3 is 2.58 bits per heavy atom. The van der Waals surface area contributed by atoms with Crippen LogP contribution in [0.3, 0.4) is 0 Å². The van der Waals surface area contributed by atoms with Crippen LogP contribution in [0.5, 0.6) is 0 Å². The van der Waals surface area contributed by atoms with Crippen molar-refractivity contribution < 1.29 is 13.2 Å². The van der Waals surface area contributed by atoms with Gasteiger partial charge in [-0.1, -0.05) is 0 Å². The summed E-state index contributed by atoms with van der Waals surface area (Å²) in [6, 6.07) is 7.60. The van der Waals surface area contributed by atoms with Crippen molar-refractivity contribution in [1.82, 2.24) is 0 Å². The number of nitrogens with one attached hydrogen (secondary N) is 1. The number of thioether (sulfide) groups is 1. The first kappa shape index (κ1) is 14.4. The third-order valence-electron chi connectivity index (χ3n) is 3.17. The van der Waals surface area contributed by atoms with Gasteiger partial charge < -0.3 is 5.32 Å². The monoisotopic (exact) mass is 299 g/mol. The van der Waals surface area contributed by atoms with Crippen LogP contribution >= 0.6 is 11.8 Å². The second kappa shape index (κ2) is 5.96. The molecule has 6 heteroatoms. The average molecular weight is 299 g/mol. The summed E-state index contributed by atoms with van der Waals surface area (Å²) in [5, 5.41) is 2.80. The Morgan fingerprint density at radius 2 is 2.05 bits per heavy atom. The molecule has 1 aliphatic rings. The molecule has 1 unspecified atom stereocenters. The van der Waals surface area contributed by atoms with Gasteiger partial charge in [0.05, 0.1) is 11.5 Å². The van der Waals surface area contributed by atoms with Gasteiger partial charge in [0.2, 0.25) is 5.91 Å². The van der Waals surface area contributed by atoms with Crippen LogP contribution in [-0.4, -0.2) is 32.1 Å². The molecule has 1 aliphatic heterocycles. The fourth-order valence-electron chi connectivity index (χ4n) is 2.18. The van der Waals surface area contributed by atoms with E-state index >= 15 is 0 Å². The summed E-state index contributed by atoms with van der Waals surface area (Å²) in [5.74, 6) is 0.216. The molecule has 0 aliphatic carbocycles. The molecule has 1 saturated heterocycles. The molecule has 2 rings (SSSR count). The molecular weight excluding hydrogens is 282 g/mol. The van der Waals surface area contributed by atoms with Gasteiger partial charge in [0.25, 0.3) is 0 Å². The van der Waals surface area contributed by atoms with Gasteiger partial charge >= 0.3 is 0 Å². The van der Waals surface area contributed by atoms with Crippen LogP contribution in [0.2, 0.25) is 0 Å². The lowest BCUT2D eigenvalue weighted by Crippen LogP contribution is -2.17. The van der Waals surface area contributed by atoms with Gasteiger partial charge in [0.1, 0.15) is 0 Å². The standard InChI is InChI=1S/C13H17NO3S2/c1-18-12-4-2-11(3-5-12)14-13(15)8-10-6-7-19(16,17)9-10/h2-5,10H,6-9H2,1H3,(H,14,15). The van der Waals surface area contributed by atoms with Crippen LogP contribution < -0.4 is 5.32 Å². The van der Waals surface area contributed by atoms with Crippen LogP contribution in [0.15, 0.2) is 29.2 Å². The molecule has 1 atom stereocenters. The lowest BCUT2D eigenvalue weighted by atomic mass is 10.1. The van der Waals surface area contributed by atoms with Crippen molar-refractivity contribution in [1.29, 1.82) is 0 Å². The third-order valence-corrected chi connectivity index (χ3v) is 5.76. The Balaban J connectivity index is 1.87. The number of sulfone groups is 1. The maximum absolute atomic E-state index is 11.8. The molecule has 1 heterocycles. The van der Waals surface area contributed by atoms with E-state index in [1.807, 2.05) is 30.5 Å². The van der Waals surface area contributed by atoms with Crippen molar-refractivity contribution in [2.75, 3.05) is 23.1 Å². The van der Waals surface area contributed by atoms with Crippen molar-refractivity contribution in [3.8, 4) is 0 Å². The summed E-state index contributed by atoms with van der Waals surface area (Å²) in [7, 11) is -2.91. The Kier molecular flexibility index (Phi) is 4.52. The number of carbonyl (C=O) groups excluding carboxylic acids is 1. The molecule has 0 saturated carbocycles. The van der Waals surface area contributed by atoms with Crippen LogP contribution in [0.25, 0.3) is 0 Å². The Labute approximate surface area is 117 Å². The van der Waals surface area contributed by atoms with Gasteiger partial charge in [-0.25, -0.2) is 8.42 Å². The summed E-state index contributed by atoms with van der Waals surface area (Å²) in [5.41, 5.74) is 0.753. The first-order valence-electron chi connectivity index (χ1n) is 6.13. The van der Waals surface area contributed by atoms with E-state index in [2.05, 4.69) is 5.32 Å². The summed E-state index contributed by atoms with van der Waals surface area (Å²) in [6.07, 6.45) is 2.87. The van der Waals surface area contributed by atoms with Gasteiger partial charge in [0, 0.05) is 17.0 Å². The first-order valence-corrected chi connectivity index (χ1v) is 9.17. The predicted octanol–water partition coefficient (Wildman–Crippen LogP) is 2.17. The van der Waals surface area contributed by atoms with E-state index in [9.17, 15) is 13.2 Å². The number of anilines is 1. The van der Waals surface area contributed by atoms with Crippen LogP contribution in [0, 0.1) is 5.92 Å². The number of rotatable bonds is 4. The van der Waals surface area contributed by atoms with Gasteiger partial charge in [-0.3, -0.25) is 4.79 Å². The van der Waals surface area contributed by atoms with E-state index in [4.69, 9.17) is 0 Å². The fraction of sp³-hybridized carbons (Fsp3) is 0.462. The van der Waals surface area contributed by atoms with E-state index in [-0.39, 0.29) is 29.8 Å². The van der Waals surface area contributed by atoms with Crippen molar-refractivity contribution in [3.05, 3.63) is 24.3 Å². The van der Waals surface area contributed by atoms with E-state index in [1.54, 1.807) is 11.8 Å². The summed E-state index contributed by atoms with van der Waals surface area (Å²) in [4.78, 5) is 13.0. The van der Waals surface area contributed by atoms with E-state index < -0.39 is 9.84 Å². The smallest absolute Gasteiger partial charge is 0.224 e. The molecule has 1 aromatic rings. The van der Waals surface area contributed by atoms with Crippen molar-refractivity contribution in [2.24, 2.45) is 5.92 Å². The highest BCUT2D eigenvalue weighted by atomic mass is 32.2. The molecule has 19 heavy (non-hydrogen) atoms. The van der Waals surface area contributed by atoms with E-state index in [0.717, 1.165) is 10.6 Å². The second-order valence-corrected chi connectivity index (χ2v) is 7.86. The molecule has 0 radical (unpaired) electrons. The maximum Gasteiger partial charge on any atom is 0.224 e. The zero-order valence-electron chi connectivity index (χ0n) is 10.8. The topological polar surface area (TPSA) is 63.2 Å². The van der Waals surface area contributed by atoms with E-state index in [0.29, 0.717) is 6.42 Å². The van der Waals surface area contributed by atoms with Gasteiger partial charge in [-0.2, -0.15) is 0 Å². The summed E-state index contributed by atoms with van der Waals surface area (Å²) in [6.45, 7) is 0. The van der Waals surface area contributed by atoms with Crippen molar-refractivity contribution in [3.63, 3.8) is 0 Å². The van der Waals surface area contributed by atoms with Gasteiger partial charge in [-0.15, -0.1) is 11.8 Å². The highest BCUT2D eigenvalue weighted by Crippen LogP contribution is 2.22. The van der Waals surface area contributed by atoms with Gasteiger partial charge in [-0.05, 0) is 42.9 Å². The second-order valence-electron chi connectivity index (χ2n) is 4.75. The van der Waals surface area contributed by atoms with Crippen molar-refractivity contribution in [2.45, 2.75) is 17.7 Å². The quantitative estimate of drug-likeness (QED) is 0.866. The highest BCUT2D eigenvalue weighted by Gasteiger charge is 2.29. The van der Waals surface area contributed by atoms with Crippen LogP contribution in [-0.2, 0) is 14.6 Å². The third kappa shape index (κ3) is 4.24. The molecule has 4 nitrogen and oxygen atoms in total. The number of hydrogen-bond acceptors (Lipinski definition) is 4. The minimum Gasteiger partial charge on any atom is -0.326 e. The lowest BCUT2D eigenvalue weighted by molar-refractivity contribution is -0.116. The number of benzene rings is 1. The summed E-state index contributed by atoms with van der Waals surface area (Å²) < 4.78 is 22.6. The molecule has 104 valence electrons. The molecule has 1 aromatic carbocycles. The SMILES string of the molecule is CSc1ccc(NC(=O)CC2CCS(=O)(=O)C2)cc1. The summed E-state index contributed by atoms with van der Waals surface area (Å²) >= 11 is 1.64. The zero-order chi connectivity index (χ0) is 13.9. The molecule has 0 bridgehead atoms. The Hall–Kier alpha value is -1.01. The fourth-order valence-corrected chi connectivity index (χ4v) is 4.45. The lowest BCUT2D eigenvalue weighted by Gasteiger charge is -2.09. The Bertz CT molecular complexity index is 552. The molecular formula is C13H17NO3S2. The molecule has 1 N–H and O–H groups in total. The molecule has 1 fully saturated rings. The number of carbonyl (C=O) groups is 1. The van der Waals surface area contributed by atoms with Gasteiger partial charge in [0.15, 0.2) is 9.84 Å². The molecule has 1 amide bonds. The Morgan fingerprint density at radius 1 is 1.37 bits per heavy atom. The normalized spacial score (nSPS) is 21.2. The first-order chi connectivity index (χ1) is 8.98. The molecule has 0 spiro atoms. The zero-order valence-corrected chi connectivity index (χ0v) is 12.4. The van der Waals surface area contributed by atoms with Crippen LogP contribution in [0.1, 0.15) is 12.8 Å². The average Bonchev–Trinajstić information content (AvgIpc) is 2.69. The largest absolute Gasteiger partial charge is 0.326 e. The minimum atomic E-state index is -2.91. The van der Waals surface area contributed by atoms with Crippen molar-refractivity contribution >= 4 is 33.2 Å². The highest BCUT2D eigenvalue weighted by molar-refractivity contribution is 7.98. The minimum absolute atomic E-state index is 0.0320. The maximum atomic E-state index is 11.8. The number of hydrogen-bond donors (Lipinski definition) is 1. The molecule has 0 aromatic heterocycles. The van der Waals surface area contributed by atoms with Crippen LogP contribution in [0.4, 0.5) is 5.69 Å². The number of amides is 1. The predicted molar refractivity (Wildman–Crippen MR) is 78.2 cm³/mol. The van der Waals surface area contributed by atoms with E-state index in [1.165, 1.54) is 0 Å².